The molecule has 1 fully saturated rings. The molecule has 0 bridgehead atoms. The van der Waals surface area contributed by atoms with Crippen molar-refractivity contribution in [3.8, 4) is 0 Å². The third-order valence-electron chi connectivity index (χ3n) is 4.98. The first-order valence-corrected chi connectivity index (χ1v) is 10.7. The van der Waals surface area contributed by atoms with Crippen molar-refractivity contribution in [3.63, 3.8) is 0 Å². The number of nitrogens with one attached hydrogen (secondary N) is 2. The Bertz CT molecular complexity index is 1230. The Morgan fingerprint density at radius 1 is 0.912 bits per heavy atom. The van der Waals surface area contributed by atoms with E-state index in [1.807, 2.05) is 36.4 Å². The molecule has 3 aromatic rings. The van der Waals surface area contributed by atoms with Crippen molar-refractivity contribution < 1.29 is 19.2 Å². The first-order valence-electron chi connectivity index (χ1n) is 10.7. The normalized spacial score (nSPS) is 14.7. The van der Waals surface area contributed by atoms with E-state index >= 15 is 0 Å². The summed E-state index contributed by atoms with van der Waals surface area (Å²) in [6.45, 7) is 0.329. The smallest absolute Gasteiger partial charge is 0.350 e. The fourth-order valence-corrected chi connectivity index (χ4v) is 3.26. The van der Waals surface area contributed by atoms with E-state index < -0.39 is 17.8 Å². The van der Waals surface area contributed by atoms with E-state index in [2.05, 4.69) is 15.9 Å². The number of carbonyl (C=O) groups is 3. The van der Waals surface area contributed by atoms with E-state index in [0.29, 0.717) is 24.2 Å². The summed E-state index contributed by atoms with van der Waals surface area (Å²) < 4.78 is 0. The van der Waals surface area contributed by atoms with Gasteiger partial charge in [-0.25, -0.2) is 14.8 Å². The quantitative estimate of drug-likeness (QED) is 0.421. The lowest BCUT2D eigenvalue weighted by atomic mass is 10.1. The zero-order valence-corrected chi connectivity index (χ0v) is 18.2. The number of nitrogens with zero attached hydrogens (tertiary/aromatic N) is 2. The van der Waals surface area contributed by atoms with Crippen LogP contribution >= 0.6 is 0 Å². The fourth-order valence-electron chi connectivity index (χ4n) is 3.26. The molecule has 0 spiro atoms. The van der Waals surface area contributed by atoms with Gasteiger partial charge in [0.1, 0.15) is 5.71 Å². The predicted molar refractivity (Wildman–Crippen MR) is 128 cm³/mol. The van der Waals surface area contributed by atoms with Crippen molar-refractivity contribution in [2.24, 2.45) is 4.99 Å². The first-order chi connectivity index (χ1) is 16.6. The number of para-hydroxylation sites is 1. The maximum atomic E-state index is 13.0. The Morgan fingerprint density at radius 3 is 2.21 bits per heavy atom. The number of carbonyl (C=O) groups excluding carboxylic acids is 3. The van der Waals surface area contributed by atoms with Gasteiger partial charge in [0.25, 0.3) is 11.8 Å². The molecule has 34 heavy (non-hydrogen) atoms. The van der Waals surface area contributed by atoms with Crippen molar-refractivity contribution >= 4 is 29.2 Å². The van der Waals surface area contributed by atoms with Gasteiger partial charge in [-0.1, -0.05) is 72.3 Å². The fraction of sp³-hybridized carbons (Fsp3) is 0.0769. The van der Waals surface area contributed by atoms with E-state index in [-0.39, 0.29) is 11.4 Å². The van der Waals surface area contributed by atoms with E-state index in [1.165, 1.54) is 11.1 Å². The highest BCUT2D eigenvalue weighted by Crippen LogP contribution is 2.21. The third kappa shape index (κ3) is 5.62. The monoisotopic (exact) mass is 454 g/mol. The van der Waals surface area contributed by atoms with Crippen LogP contribution in [0.25, 0.3) is 0 Å². The van der Waals surface area contributed by atoms with Gasteiger partial charge in [0, 0.05) is 18.2 Å². The summed E-state index contributed by atoms with van der Waals surface area (Å²) in [5, 5.41) is 4.15. The minimum absolute atomic E-state index is 0.0176. The molecule has 1 aliphatic rings. The second-order valence-corrected chi connectivity index (χ2v) is 7.34. The average molecular weight is 454 g/mol. The SMILES string of the molecule is O=C(NCCc1ccccc1)C(/C=C1\C(=O)ONN1c1ccccc1)=NC(=O)c1ccccc1. The first kappa shape index (κ1) is 22.6. The Balaban J connectivity index is 1.61. The number of anilines is 1. The molecule has 0 atom stereocenters. The molecule has 8 heteroatoms. The predicted octanol–water partition coefficient (Wildman–Crippen LogP) is 2.99. The molecule has 0 aromatic heterocycles. The lowest BCUT2D eigenvalue weighted by Crippen LogP contribution is -2.34. The molecule has 0 saturated carbocycles. The van der Waals surface area contributed by atoms with Gasteiger partial charge < -0.3 is 10.2 Å². The Labute approximate surface area is 196 Å². The van der Waals surface area contributed by atoms with E-state index in [9.17, 15) is 14.4 Å². The molecule has 2 N–H and O–H groups in total. The Morgan fingerprint density at radius 2 is 1.53 bits per heavy atom. The topological polar surface area (TPSA) is 100 Å². The third-order valence-corrected chi connectivity index (χ3v) is 4.98. The van der Waals surface area contributed by atoms with E-state index in [0.717, 1.165) is 5.56 Å². The van der Waals surface area contributed by atoms with Crippen LogP contribution in [0.3, 0.4) is 0 Å². The van der Waals surface area contributed by atoms with Gasteiger partial charge >= 0.3 is 5.97 Å². The Kier molecular flexibility index (Phi) is 7.22. The average Bonchev–Trinajstić information content (AvgIpc) is 3.25. The molecule has 2 amide bonds. The van der Waals surface area contributed by atoms with Gasteiger partial charge in [0.2, 0.25) is 0 Å². The van der Waals surface area contributed by atoms with Crippen molar-refractivity contribution in [2.75, 3.05) is 11.6 Å². The molecular formula is C26H22N4O4. The number of hydrazine groups is 1. The molecule has 0 radical (unpaired) electrons. The molecule has 1 saturated heterocycles. The number of aliphatic imine (C=N–C) groups is 1. The van der Waals surface area contributed by atoms with Crippen molar-refractivity contribution in [2.45, 2.75) is 6.42 Å². The van der Waals surface area contributed by atoms with Gasteiger partial charge in [0.05, 0.1) is 5.69 Å². The van der Waals surface area contributed by atoms with Crippen LogP contribution < -0.4 is 15.9 Å². The van der Waals surface area contributed by atoms with Crippen molar-refractivity contribution in [1.82, 2.24) is 10.9 Å². The van der Waals surface area contributed by atoms with Crippen LogP contribution in [0.2, 0.25) is 0 Å². The summed E-state index contributed by atoms with van der Waals surface area (Å²) in [6, 6.07) is 27.0. The van der Waals surface area contributed by atoms with Crippen LogP contribution in [0.1, 0.15) is 15.9 Å². The summed E-state index contributed by atoms with van der Waals surface area (Å²) in [6.07, 6.45) is 1.84. The van der Waals surface area contributed by atoms with Gasteiger partial charge in [0.15, 0.2) is 5.70 Å². The summed E-state index contributed by atoms with van der Waals surface area (Å²) in [4.78, 5) is 47.1. The molecule has 170 valence electrons. The molecule has 1 heterocycles. The highest BCUT2D eigenvalue weighted by molar-refractivity contribution is 6.45. The van der Waals surface area contributed by atoms with Gasteiger partial charge in [-0.3, -0.25) is 9.59 Å². The zero-order chi connectivity index (χ0) is 23.8. The second kappa shape index (κ2) is 10.8. The van der Waals surface area contributed by atoms with Crippen LogP contribution in [0.5, 0.6) is 0 Å². The number of amides is 2. The molecule has 8 nitrogen and oxygen atoms in total. The van der Waals surface area contributed by atoms with Gasteiger partial charge in [-0.2, -0.15) is 0 Å². The maximum absolute atomic E-state index is 13.0. The lowest BCUT2D eigenvalue weighted by Gasteiger charge is -2.15. The molecule has 0 unspecified atom stereocenters. The zero-order valence-electron chi connectivity index (χ0n) is 18.2. The number of benzene rings is 3. The Hall–Kier alpha value is -4.56. The van der Waals surface area contributed by atoms with Crippen LogP contribution in [0, 0.1) is 0 Å². The summed E-state index contributed by atoms with van der Waals surface area (Å²) in [5.41, 5.74) is 4.30. The lowest BCUT2D eigenvalue weighted by molar-refractivity contribution is -0.140. The highest BCUT2D eigenvalue weighted by Gasteiger charge is 2.30. The number of hydrogen-bond donors (Lipinski definition) is 2. The summed E-state index contributed by atoms with van der Waals surface area (Å²) in [5.74, 6) is -1.89. The van der Waals surface area contributed by atoms with Crippen molar-refractivity contribution in [1.29, 1.82) is 0 Å². The molecule has 1 aliphatic heterocycles. The van der Waals surface area contributed by atoms with Gasteiger partial charge in [-0.05, 0) is 36.2 Å². The second-order valence-electron chi connectivity index (χ2n) is 7.34. The molecule has 0 aliphatic carbocycles. The van der Waals surface area contributed by atoms with Crippen LogP contribution in [-0.4, -0.2) is 30.0 Å². The van der Waals surface area contributed by atoms with Gasteiger partial charge in [-0.15, -0.1) is 0 Å². The van der Waals surface area contributed by atoms with E-state index in [1.54, 1.807) is 54.6 Å². The number of hydrogen-bond acceptors (Lipinski definition) is 6. The maximum Gasteiger partial charge on any atom is 0.376 e. The number of rotatable bonds is 7. The molecular weight excluding hydrogens is 432 g/mol. The molecule has 3 aromatic carbocycles. The minimum Gasteiger partial charge on any atom is -0.350 e. The largest absolute Gasteiger partial charge is 0.376 e. The van der Waals surface area contributed by atoms with E-state index in [4.69, 9.17) is 4.84 Å². The summed E-state index contributed by atoms with van der Waals surface area (Å²) >= 11 is 0. The molecule has 4 rings (SSSR count). The van der Waals surface area contributed by atoms with Crippen LogP contribution in [0.4, 0.5) is 5.69 Å². The standard InChI is InChI=1S/C26H22N4O4/c31-24(20-12-6-2-7-13-20)28-22(25(32)27-17-16-19-10-4-1-5-11-19)18-23-26(33)34-29-30(23)21-14-8-3-9-15-21/h1-15,18,29H,16-17H2,(H,27,32)/b23-18+,28-22?. The minimum atomic E-state index is -0.708. The van der Waals surface area contributed by atoms with Crippen molar-refractivity contribution in [3.05, 3.63) is 114 Å². The van der Waals surface area contributed by atoms with Crippen LogP contribution in [0.15, 0.2) is 108 Å². The highest BCUT2D eigenvalue weighted by atomic mass is 16.7. The summed E-state index contributed by atoms with van der Waals surface area (Å²) in [7, 11) is 0. The van der Waals surface area contributed by atoms with Crippen LogP contribution in [-0.2, 0) is 20.8 Å².